The molecule has 0 aromatic carbocycles. The maximum Gasteiger partial charge on any atom is 0.303 e. The quantitative estimate of drug-likeness (QED) is 0.755. The monoisotopic (exact) mass is 208 g/mol. The highest BCUT2D eigenvalue weighted by Gasteiger charge is 2.01. The molecule has 0 saturated carbocycles. The second kappa shape index (κ2) is 6.06. The molecule has 1 N–H and O–H groups in total. The van der Waals surface area contributed by atoms with Crippen molar-refractivity contribution in [3.05, 3.63) is 35.6 Å². The number of hydrogen-bond acceptors (Lipinski definition) is 2. The molecule has 3 heteroatoms. The molecule has 82 valence electrons. The van der Waals surface area contributed by atoms with Gasteiger partial charge in [-0.15, -0.1) is 0 Å². The van der Waals surface area contributed by atoms with Crippen molar-refractivity contribution in [3.63, 3.8) is 0 Å². The van der Waals surface area contributed by atoms with Gasteiger partial charge >= 0.3 is 5.97 Å². The largest absolute Gasteiger partial charge is 0.497 e. The Balaban J connectivity index is 2.38. The van der Waals surface area contributed by atoms with E-state index in [2.05, 4.69) is 6.08 Å². The Kier molecular flexibility index (Phi) is 4.68. The van der Waals surface area contributed by atoms with E-state index >= 15 is 0 Å². The smallest absolute Gasteiger partial charge is 0.303 e. The Bertz CT molecular complexity index is 311. The third kappa shape index (κ3) is 4.49. The minimum absolute atomic E-state index is 0.232. The molecule has 15 heavy (non-hydrogen) atoms. The summed E-state index contributed by atoms with van der Waals surface area (Å²) >= 11 is 0. The average Bonchev–Trinajstić information content (AvgIpc) is 2.42. The van der Waals surface area contributed by atoms with E-state index in [0.29, 0.717) is 6.42 Å². The molecule has 0 amide bonds. The van der Waals surface area contributed by atoms with E-state index < -0.39 is 5.97 Å². The normalized spacial score (nSPS) is 15.3. The number of carboxylic acid groups (broad SMARTS) is 1. The first-order valence-electron chi connectivity index (χ1n) is 5.05. The molecule has 0 aromatic rings. The zero-order chi connectivity index (χ0) is 11.1. The van der Waals surface area contributed by atoms with Crippen molar-refractivity contribution in [2.45, 2.75) is 25.7 Å². The summed E-state index contributed by atoms with van der Waals surface area (Å²) in [6, 6.07) is 0. The fourth-order valence-corrected chi connectivity index (χ4v) is 1.43. The van der Waals surface area contributed by atoms with E-state index in [1.807, 2.05) is 18.2 Å². The van der Waals surface area contributed by atoms with Crippen LogP contribution < -0.4 is 0 Å². The van der Waals surface area contributed by atoms with Crippen molar-refractivity contribution in [1.82, 2.24) is 0 Å². The number of ether oxygens (including phenoxy) is 1. The van der Waals surface area contributed by atoms with Crippen LogP contribution >= 0.6 is 0 Å². The van der Waals surface area contributed by atoms with Gasteiger partial charge < -0.3 is 9.84 Å². The van der Waals surface area contributed by atoms with Crippen LogP contribution in [0.1, 0.15) is 25.7 Å². The molecule has 0 unspecified atom stereocenters. The number of carboxylic acids is 1. The van der Waals surface area contributed by atoms with Crippen LogP contribution in [0.5, 0.6) is 0 Å². The third-order valence-corrected chi connectivity index (χ3v) is 2.25. The van der Waals surface area contributed by atoms with Crippen LogP contribution in [0.3, 0.4) is 0 Å². The second-order valence-corrected chi connectivity index (χ2v) is 3.41. The molecule has 0 aromatic heterocycles. The first-order valence-corrected chi connectivity index (χ1v) is 5.05. The highest BCUT2D eigenvalue weighted by molar-refractivity contribution is 5.66. The fraction of sp³-hybridized carbons (Fsp3) is 0.417. The summed E-state index contributed by atoms with van der Waals surface area (Å²) in [5, 5.41) is 8.51. The molecule has 0 radical (unpaired) electrons. The topological polar surface area (TPSA) is 46.5 Å². The van der Waals surface area contributed by atoms with Gasteiger partial charge in [0.25, 0.3) is 0 Å². The highest BCUT2D eigenvalue weighted by Crippen LogP contribution is 2.15. The third-order valence-electron chi connectivity index (χ3n) is 2.25. The standard InChI is InChI=1S/C12H16O3/c1-15-11-6-2-4-10(8-9-11)5-3-7-12(13)14/h4,6,8-9H,2-3,5,7H2,1H3,(H,13,14). The van der Waals surface area contributed by atoms with Crippen molar-refractivity contribution in [2.75, 3.05) is 7.11 Å². The summed E-state index contributed by atoms with van der Waals surface area (Å²) < 4.78 is 5.11. The molecule has 0 fully saturated rings. The molecule has 1 rings (SSSR count). The van der Waals surface area contributed by atoms with E-state index in [9.17, 15) is 4.79 Å². The molecule has 0 bridgehead atoms. The molecule has 0 spiro atoms. The minimum atomic E-state index is -0.732. The summed E-state index contributed by atoms with van der Waals surface area (Å²) in [6.45, 7) is 0. The fourth-order valence-electron chi connectivity index (χ4n) is 1.43. The van der Waals surface area contributed by atoms with Gasteiger partial charge in [-0.25, -0.2) is 0 Å². The Morgan fingerprint density at radius 3 is 2.93 bits per heavy atom. The van der Waals surface area contributed by atoms with Gasteiger partial charge in [0.15, 0.2) is 0 Å². The number of rotatable bonds is 5. The summed E-state index contributed by atoms with van der Waals surface area (Å²) in [7, 11) is 1.64. The molecule has 3 nitrogen and oxygen atoms in total. The molecular weight excluding hydrogens is 192 g/mol. The van der Waals surface area contributed by atoms with Gasteiger partial charge in [-0.05, 0) is 31.4 Å². The van der Waals surface area contributed by atoms with Gasteiger partial charge in [-0.1, -0.05) is 17.7 Å². The predicted molar refractivity (Wildman–Crippen MR) is 58.4 cm³/mol. The molecule has 0 saturated heterocycles. The molecule has 0 aliphatic heterocycles. The van der Waals surface area contributed by atoms with E-state index in [1.54, 1.807) is 7.11 Å². The zero-order valence-corrected chi connectivity index (χ0v) is 8.90. The lowest BCUT2D eigenvalue weighted by molar-refractivity contribution is -0.137. The summed E-state index contributed by atoms with van der Waals surface area (Å²) in [6.07, 6.45) is 10.6. The Morgan fingerprint density at radius 2 is 2.27 bits per heavy atom. The van der Waals surface area contributed by atoms with Crippen LogP contribution in [0.2, 0.25) is 0 Å². The van der Waals surface area contributed by atoms with Gasteiger partial charge in [-0.3, -0.25) is 4.79 Å². The lowest BCUT2D eigenvalue weighted by Gasteiger charge is -1.99. The van der Waals surface area contributed by atoms with Crippen molar-refractivity contribution in [1.29, 1.82) is 0 Å². The summed E-state index contributed by atoms with van der Waals surface area (Å²) in [4.78, 5) is 10.3. The van der Waals surface area contributed by atoms with Gasteiger partial charge in [0, 0.05) is 6.42 Å². The van der Waals surface area contributed by atoms with Gasteiger partial charge in [0.2, 0.25) is 0 Å². The van der Waals surface area contributed by atoms with Crippen LogP contribution in [0.15, 0.2) is 35.6 Å². The molecule has 0 atom stereocenters. The molecular formula is C12H16O3. The number of methoxy groups -OCH3 is 1. The Morgan fingerprint density at radius 1 is 1.47 bits per heavy atom. The van der Waals surface area contributed by atoms with Gasteiger partial charge in [-0.2, -0.15) is 0 Å². The first-order chi connectivity index (χ1) is 7.22. The van der Waals surface area contributed by atoms with E-state index in [0.717, 1.165) is 18.6 Å². The summed E-state index contributed by atoms with van der Waals surface area (Å²) in [5.74, 6) is 0.128. The highest BCUT2D eigenvalue weighted by atomic mass is 16.5. The number of hydrogen-bond donors (Lipinski definition) is 1. The lowest BCUT2D eigenvalue weighted by Crippen LogP contribution is -1.94. The SMILES string of the molecule is COC1=CCC=C(CCCC(=O)O)C=C1. The van der Waals surface area contributed by atoms with Crippen LogP contribution in [0, 0.1) is 0 Å². The maximum atomic E-state index is 10.3. The van der Waals surface area contributed by atoms with Crippen molar-refractivity contribution in [3.8, 4) is 0 Å². The second-order valence-electron chi connectivity index (χ2n) is 3.41. The zero-order valence-electron chi connectivity index (χ0n) is 8.90. The van der Waals surface area contributed by atoms with E-state index in [4.69, 9.17) is 9.84 Å². The van der Waals surface area contributed by atoms with Crippen molar-refractivity contribution >= 4 is 5.97 Å². The lowest BCUT2D eigenvalue weighted by atomic mass is 10.1. The number of carbonyl (C=O) groups is 1. The van der Waals surface area contributed by atoms with Crippen molar-refractivity contribution < 1.29 is 14.6 Å². The Hall–Kier alpha value is -1.51. The van der Waals surface area contributed by atoms with Crippen LogP contribution in [-0.2, 0) is 9.53 Å². The minimum Gasteiger partial charge on any atom is -0.497 e. The predicted octanol–water partition coefficient (Wildman–Crippen LogP) is 2.66. The molecule has 1 aliphatic rings. The van der Waals surface area contributed by atoms with Crippen molar-refractivity contribution in [2.24, 2.45) is 0 Å². The van der Waals surface area contributed by atoms with Gasteiger partial charge in [0.1, 0.15) is 5.76 Å². The molecule has 0 heterocycles. The number of allylic oxidation sites excluding steroid dienone is 5. The van der Waals surface area contributed by atoms with E-state index in [1.165, 1.54) is 5.57 Å². The van der Waals surface area contributed by atoms with Gasteiger partial charge in [0.05, 0.1) is 7.11 Å². The molecule has 1 aliphatic carbocycles. The first kappa shape index (κ1) is 11.6. The Labute approximate surface area is 89.7 Å². The summed E-state index contributed by atoms with van der Waals surface area (Å²) in [5.41, 5.74) is 1.18. The number of aliphatic carboxylic acids is 1. The van der Waals surface area contributed by atoms with E-state index in [-0.39, 0.29) is 6.42 Å². The van der Waals surface area contributed by atoms with Crippen LogP contribution in [-0.4, -0.2) is 18.2 Å². The van der Waals surface area contributed by atoms with Crippen LogP contribution in [0.25, 0.3) is 0 Å². The van der Waals surface area contributed by atoms with Crippen LogP contribution in [0.4, 0.5) is 0 Å². The average molecular weight is 208 g/mol. The maximum absolute atomic E-state index is 10.3.